The van der Waals surface area contributed by atoms with Crippen molar-refractivity contribution in [2.75, 3.05) is 24.6 Å². The second kappa shape index (κ2) is 9.71. The van der Waals surface area contributed by atoms with Gasteiger partial charge in [-0.05, 0) is 68.2 Å². The molecular weight excluding hydrogens is 518 g/mol. The van der Waals surface area contributed by atoms with Crippen LogP contribution in [-0.2, 0) is 19.4 Å². The fourth-order valence-corrected chi connectivity index (χ4v) is 6.55. The molecule has 41 heavy (non-hydrogen) atoms. The average Bonchev–Trinajstić information content (AvgIpc) is 3.52. The third-order valence-electron chi connectivity index (χ3n) is 8.71. The standard InChI is InChI=1S/C31H35N7O3/c1-18-33-24-14-20(16-32-27(24)34-18)19-6-7-26-21(13-19)17-37(11-12-41-26)29-22-15-31(2,3)9-8-23(22)35-28(36-29)25-5-4-10-38(25)30(39)40/h6-7,13-14,16,25H,4-5,8-12,15,17H2,1-3H3,(H,39,40)(H,32,33,34)/t25-/m0/s1. The number of hydrogen-bond donors (Lipinski definition) is 2. The third kappa shape index (κ3) is 4.75. The highest BCUT2D eigenvalue weighted by Gasteiger charge is 2.36. The van der Waals surface area contributed by atoms with Crippen LogP contribution in [0, 0.1) is 12.3 Å². The first-order valence-electron chi connectivity index (χ1n) is 14.5. The van der Waals surface area contributed by atoms with Crippen molar-refractivity contribution in [1.29, 1.82) is 0 Å². The summed E-state index contributed by atoms with van der Waals surface area (Å²) in [6.45, 7) is 8.91. The van der Waals surface area contributed by atoms with Crippen molar-refractivity contribution < 1.29 is 14.6 Å². The van der Waals surface area contributed by atoms with E-state index < -0.39 is 6.09 Å². The van der Waals surface area contributed by atoms with Crippen LogP contribution in [0.2, 0.25) is 0 Å². The van der Waals surface area contributed by atoms with Crippen LogP contribution in [0.15, 0.2) is 30.5 Å². The number of anilines is 1. The minimum Gasteiger partial charge on any atom is -0.491 e. The number of benzene rings is 1. The minimum atomic E-state index is -0.904. The molecule has 5 heterocycles. The molecule has 0 unspecified atom stereocenters. The number of ether oxygens (including phenoxy) is 1. The number of likely N-dealkylation sites (tertiary alicyclic amines) is 1. The molecule has 0 bridgehead atoms. The van der Waals surface area contributed by atoms with Crippen molar-refractivity contribution in [3.8, 4) is 16.9 Å². The number of imidazole rings is 1. The van der Waals surface area contributed by atoms with Crippen LogP contribution in [0.5, 0.6) is 5.75 Å². The SMILES string of the molecule is Cc1nc2ncc(-c3ccc4c(c3)CN(c3nc([C@@H]5CCCN5C(=O)O)nc5c3CC(C)(C)CC5)CCO4)cc2[nH]1. The van der Waals surface area contributed by atoms with Gasteiger partial charge in [-0.3, -0.25) is 4.90 Å². The van der Waals surface area contributed by atoms with E-state index in [-0.39, 0.29) is 11.5 Å². The Hall–Kier alpha value is -4.21. The summed E-state index contributed by atoms with van der Waals surface area (Å²) in [7, 11) is 0. The first-order valence-corrected chi connectivity index (χ1v) is 14.5. The topological polar surface area (TPSA) is 120 Å². The van der Waals surface area contributed by atoms with Crippen molar-refractivity contribution in [2.45, 2.75) is 65.5 Å². The van der Waals surface area contributed by atoms with E-state index in [1.165, 1.54) is 10.5 Å². The number of aryl methyl sites for hydroxylation is 2. The average molecular weight is 554 g/mol. The van der Waals surface area contributed by atoms with Gasteiger partial charge in [0.2, 0.25) is 0 Å². The van der Waals surface area contributed by atoms with Gasteiger partial charge in [-0.15, -0.1) is 0 Å². The van der Waals surface area contributed by atoms with Crippen LogP contribution in [0.1, 0.15) is 67.6 Å². The summed E-state index contributed by atoms with van der Waals surface area (Å²) in [4.78, 5) is 38.2. The maximum absolute atomic E-state index is 12.0. The zero-order chi connectivity index (χ0) is 28.3. The zero-order valence-electron chi connectivity index (χ0n) is 23.8. The lowest BCUT2D eigenvalue weighted by molar-refractivity contribution is 0.138. The van der Waals surface area contributed by atoms with Crippen molar-refractivity contribution in [2.24, 2.45) is 5.41 Å². The van der Waals surface area contributed by atoms with Crippen LogP contribution in [0.25, 0.3) is 22.3 Å². The van der Waals surface area contributed by atoms with E-state index in [2.05, 4.69) is 51.9 Å². The fourth-order valence-electron chi connectivity index (χ4n) is 6.55. The number of rotatable bonds is 3. The molecule has 2 N–H and O–H groups in total. The summed E-state index contributed by atoms with van der Waals surface area (Å²) in [5, 5.41) is 9.83. The Kier molecular flexibility index (Phi) is 6.10. The molecule has 1 aromatic carbocycles. The summed E-state index contributed by atoms with van der Waals surface area (Å²) >= 11 is 0. The molecule has 4 aromatic rings. The van der Waals surface area contributed by atoms with Gasteiger partial charge in [0.15, 0.2) is 11.5 Å². The van der Waals surface area contributed by atoms with Gasteiger partial charge in [0, 0.05) is 41.7 Å². The van der Waals surface area contributed by atoms with Gasteiger partial charge in [-0.1, -0.05) is 19.9 Å². The van der Waals surface area contributed by atoms with Gasteiger partial charge in [-0.2, -0.15) is 0 Å². The summed E-state index contributed by atoms with van der Waals surface area (Å²) < 4.78 is 6.23. The van der Waals surface area contributed by atoms with Crippen LogP contribution < -0.4 is 9.64 Å². The number of fused-ring (bicyclic) bond motifs is 3. The predicted molar refractivity (Wildman–Crippen MR) is 155 cm³/mol. The van der Waals surface area contributed by atoms with Crippen molar-refractivity contribution in [1.82, 2.24) is 29.8 Å². The van der Waals surface area contributed by atoms with Gasteiger partial charge in [0.25, 0.3) is 0 Å². The molecule has 1 atom stereocenters. The van der Waals surface area contributed by atoms with Crippen molar-refractivity contribution in [3.05, 3.63) is 58.9 Å². The largest absolute Gasteiger partial charge is 0.491 e. The molecule has 212 valence electrons. The molecule has 0 radical (unpaired) electrons. The second-order valence-electron chi connectivity index (χ2n) is 12.3. The lowest BCUT2D eigenvalue weighted by atomic mass is 9.76. The number of aromatic nitrogens is 5. The monoisotopic (exact) mass is 553 g/mol. The number of carboxylic acid groups (broad SMARTS) is 1. The number of H-pyrrole nitrogens is 1. The Morgan fingerprint density at radius 2 is 2.02 bits per heavy atom. The van der Waals surface area contributed by atoms with E-state index in [1.807, 2.05) is 19.2 Å². The van der Waals surface area contributed by atoms with Crippen LogP contribution in [0.3, 0.4) is 0 Å². The highest BCUT2D eigenvalue weighted by atomic mass is 16.5. The van der Waals surface area contributed by atoms with E-state index in [9.17, 15) is 9.90 Å². The smallest absolute Gasteiger partial charge is 0.407 e. The quantitative estimate of drug-likeness (QED) is 0.344. The summed E-state index contributed by atoms with van der Waals surface area (Å²) in [6.07, 6.45) is 5.35. The maximum atomic E-state index is 12.0. The third-order valence-corrected chi connectivity index (χ3v) is 8.71. The Morgan fingerprint density at radius 1 is 1.15 bits per heavy atom. The van der Waals surface area contributed by atoms with Gasteiger partial charge in [-0.25, -0.2) is 24.7 Å². The normalized spacial score (nSPS) is 19.9. The number of nitrogens with zero attached hydrogens (tertiary/aromatic N) is 6. The van der Waals surface area contributed by atoms with E-state index in [0.29, 0.717) is 37.7 Å². The Labute approximate surface area is 238 Å². The molecule has 2 aliphatic heterocycles. The molecule has 10 nitrogen and oxygen atoms in total. The predicted octanol–water partition coefficient (Wildman–Crippen LogP) is 5.45. The highest BCUT2D eigenvalue weighted by Crippen LogP contribution is 2.41. The highest BCUT2D eigenvalue weighted by molar-refractivity contribution is 5.78. The van der Waals surface area contributed by atoms with E-state index in [0.717, 1.165) is 77.4 Å². The Morgan fingerprint density at radius 3 is 2.88 bits per heavy atom. The zero-order valence-corrected chi connectivity index (χ0v) is 23.8. The van der Waals surface area contributed by atoms with Crippen LogP contribution in [0.4, 0.5) is 10.6 Å². The molecule has 0 saturated carbocycles. The molecule has 1 saturated heterocycles. The lowest BCUT2D eigenvalue weighted by Gasteiger charge is -2.35. The van der Waals surface area contributed by atoms with Crippen molar-refractivity contribution in [3.63, 3.8) is 0 Å². The Bertz CT molecular complexity index is 1660. The minimum absolute atomic E-state index is 0.150. The molecule has 7 rings (SSSR count). The molecular formula is C31H35N7O3. The number of pyridine rings is 1. The van der Waals surface area contributed by atoms with E-state index >= 15 is 0 Å². The van der Waals surface area contributed by atoms with E-state index in [4.69, 9.17) is 14.7 Å². The van der Waals surface area contributed by atoms with Gasteiger partial charge in [0.05, 0.1) is 18.1 Å². The van der Waals surface area contributed by atoms with Gasteiger partial charge >= 0.3 is 6.09 Å². The number of aromatic amines is 1. The molecule has 0 spiro atoms. The molecule has 3 aliphatic rings. The first kappa shape index (κ1) is 25.7. The maximum Gasteiger partial charge on any atom is 0.407 e. The molecule has 1 amide bonds. The fraction of sp³-hybridized carbons (Fsp3) is 0.452. The second-order valence-corrected chi connectivity index (χ2v) is 12.3. The van der Waals surface area contributed by atoms with Crippen LogP contribution >= 0.6 is 0 Å². The number of hydrogen-bond acceptors (Lipinski definition) is 7. The number of carbonyl (C=O) groups is 1. The lowest BCUT2D eigenvalue weighted by Crippen LogP contribution is -2.34. The summed E-state index contributed by atoms with van der Waals surface area (Å²) in [5.74, 6) is 3.27. The summed E-state index contributed by atoms with van der Waals surface area (Å²) in [5.41, 5.74) is 7.19. The van der Waals surface area contributed by atoms with E-state index in [1.54, 1.807) is 0 Å². The molecule has 1 fully saturated rings. The molecule has 1 aliphatic carbocycles. The molecule has 10 heteroatoms. The van der Waals surface area contributed by atoms with Gasteiger partial charge < -0.3 is 19.7 Å². The van der Waals surface area contributed by atoms with Crippen molar-refractivity contribution >= 4 is 23.1 Å². The van der Waals surface area contributed by atoms with Crippen LogP contribution in [-0.4, -0.2) is 60.7 Å². The number of amides is 1. The molecule has 3 aromatic heterocycles. The van der Waals surface area contributed by atoms with Gasteiger partial charge in [0.1, 0.15) is 24.0 Å². The number of nitrogens with one attached hydrogen (secondary N) is 1. The Balaban J connectivity index is 1.28. The summed E-state index contributed by atoms with van der Waals surface area (Å²) in [6, 6.07) is 8.09. The first-order chi connectivity index (χ1) is 19.7.